The van der Waals surface area contributed by atoms with Gasteiger partial charge in [-0.05, 0) is 23.8 Å². The minimum atomic E-state index is -4.65. The van der Waals surface area contributed by atoms with Crippen LogP contribution in [0.4, 0.5) is 13.2 Å². The van der Waals surface area contributed by atoms with Crippen LogP contribution in [0.2, 0.25) is 5.02 Å². The molecule has 0 radical (unpaired) electrons. The van der Waals surface area contributed by atoms with E-state index in [9.17, 15) is 18.0 Å². The Labute approximate surface area is 171 Å². The van der Waals surface area contributed by atoms with E-state index in [0.29, 0.717) is 15.8 Å². The van der Waals surface area contributed by atoms with Crippen molar-refractivity contribution in [2.75, 3.05) is 0 Å². The topological polar surface area (TPSA) is 46.9 Å². The second-order valence-corrected chi connectivity index (χ2v) is 8.58. The number of hydrogen-bond acceptors (Lipinski definition) is 5. The highest BCUT2D eigenvalue weighted by Gasteiger charge is 2.39. The number of amides is 1. The number of carbonyl (C=O) groups is 1. The molecule has 0 atom stereocenters. The Morgan fingerprint density at radius 2 is 2.04 bits per heavy atom. The molecule has 1 saturated heterocycles. The standard InChI is InChI=1S/C16H11ClF3N3OS3/c1-23-14(26-7-8-2-4-9(17)5-3-8)10(12(22-23)16(18,19)20)6-11-13(24)21-15(25)27-11/h2-6H,7H2,1H3,(H,21,24,25)/b11-6-. The van der Waals surface area contributed by atoms with Gasteiger partial charge in [0, 0.05) is 23.4 Å². The summed E-state index contributed by atoms with van der Waals surface area (Å²) in [6.45, 7) is 0. The van der Waals surface area contributed by atoms with Crippen molar-refractivity contribution >= 4 is 63.6 Å². The summed E-state index contributed by atoms with van der Waals surface area (Å²) in [6, 6.07) is 7.02. The summed E-state index contributed by atoms with van der Waals surface area (Å²) in [5, 5.41) is 6.90. The van der Waals surface area contributed by atoms with Gasteiger partial charge in [0.25, 0.3) is 5.91 Å². The van der Waals surface area contributed by atoms with Crippen LogP contribution >= 0.6 is 47.3 Å². The number of aryl methyl sites for hydroxylation is 1. The first kappa shape index (κ1) is 20.2. The van der Waals surface area contributed by atoms with Crippen LogP contribution in [0.25, 0.3) is 6.08 Å². The number of hydrogen-bond donors (Lipinski definition) is 1. The Morgan fingerprint density at radius 1 is 1.37 bits per heavy atom. The highest BCUT2D eigenvalue weighted by Crippen LogP contribution is 2.39. The van der Waals surface area contributed by atoms with Gasteiger partial charge < -0.3 is 5.32 Å². The third-order valence-corrected chi connectivity index (χ3v) is 6.15. The molecule has 0 unspecified atom stereocenters. The van der Waals surface area contributed by atoms with E-state index in [1.54, 1.807) is 24.3 Å². The van der Waals surface area contributed by atoms with Crippen LogP contribution in [0, 0.1) is 0 Å². The number of alkyl halides is 3. The fourth-order valence-corrected chi connectivity index (χ4v) is 4.51. The predicted octanol–water partition coefficient (Wildman–Crippen LogP) is 4.87. The summed E-state index contributed by atoms with van der Waals surface area (Å²) in [7, 11) is 1.44. The van der Waals surface area contributed by atoms with Crippen molar-refractivity contribution in [1.82, 2.24) is 15.1 Å². The second kappa shape index (κ2) is 7.86. The van der Waals surface area contributed by atoms with E-state index in [0.717, 1.165) is 17.3 Å². The molecule has 0 aliphatic carbocycles. The third kappa shape index (κ3) is 4.68. The van der Waals surface area contributed by atoms with Gasteiger partial charge in [0.15, 0.2) is 5.69 Å². The van der Waals surface area contributed by atoms with Crippen molar-refractivity contribution in [3.8, 4) is 0 Å². The van der Waals surface area contributed by atoms with Gasteiger partial charge in [0.2, 0.25) is 0 Å². The molecule has 2 aromatic rings. The summed E-state index contributed by atoms with van der Waals surface area (Å²) in [5.41, 5.74) is -0.291. The summed E-state index contributed by atoms with van der Waals surface area (Å²) >= 11 is 12.9. The van der Waals surface area contributed by atoms with Crippen molar-refractivity contribution in [2.24, 2.45) is 7.05 Å². The van der Waals surface area contributed by atoms with E-state index in [4.69, 9.17) is 23.8 Å². The van der Waals surface area contributed by atoms with Crippen LogP contribution in [0.1, 0.15) is 16.8 Å². The average molecular weight is 450 g/mol. The van der Waals surface area contributed by atoms with Crippen molar-refractivity contribution in [3.05, 3.63) is 51.0 Å². The highest BCUT2D eigenvalue weighted by molar-refractivity contribution is 8.26. The molecule has 1 fully saturated rings. The van der Waals surface area contributed by atoms with Crippen molar-refractivity contribution in [1.29, 1.82) is 0 Å². The van der Waals surface area contributed by atoms with E-state index >= 15 is 0 Å². The number of aromatic nitrogens is 2. The van der Waals surface area contributed by atoms with Crippen LogP contribution in [-0.4, -0.2) is 20.0 Å². The molecule has 1 aromatic carbocycles. The maximum Gasteiger partial charge on any atom is 0.435 e. The zero-order valence-corrected chi connectivity index (χ0v) is 16.8. The molecule has 0 saturated carbocycles. The molecule has 2 heterocycles. The quantitative estimate of drug-likeness (QED) is 0.410. The zero-order valence-electron chi connectivity index (χ0n) is 13.6. The lowest BCUT2D eigenvalue weighted by atomic mass is 10.2. The molecular weight excluding hydrogens is 439 g/mol. The Balaban J connectivity index is 1.98. The first-order valence-electron chi connectivity index (χ1n) is 7.41. The van der Waals surface area contributed by atoms with E-state index in [2.05, 4.69) is 10.4 Å². The molecule has 1 aliphatic rings. The first-order valence-corrected chi connectivity index (χ1v) is 10.0. The SMILES string of the molecule is Cn1nc(C(F)(F)F)c(/C=C2\SC(=S)NC2=O)c1SCc1ccc(Cl)cc1. The number of nitrogens with zero attached hydrogens (tertiary/aromatic N) is 2. The maximum absolute atomic E-state index is 13.4. The van der Waals surface area contributed by atoms with Gasteiger partial charge in [0.05, 0.1) is 4.91 Å². The number of thioether (sulfide) groups is 2. The van der Waals surface area contributed by atoms with Crippen LogP contribution < -0.4 is 5.32 Å². The third-order valence-electron chi connectivity index (χ3n) is 3.50. The Hall–Kier alpha value is -1.49. The number of nitrogens with one attached hydrogen (secondary N) is 1. The van der Waals surface area contributed by atoms with Crippen molar-refractivity contribution < 1.29 is 18.0 Å². The van der Waals surface area contributed by atoms with Gasteiger partial charge in [-0.2, -0.15) is 18.3 Å². The number of benzene rings is 1. The van der Waals surface area contributed by atoms with Crippen LogP contribution in [0.3, 0.4) is 0 Å². The molecule has 27 heavy (non-hydrogen) atoms. The minimum absolute atomic E-state index is 0.104. The highest BCUT2D eigenvalue weighted by atomic mass is 35.5. The fourth-order valence-electron chi connectivity index (χ4n) is 2.32. The van der Waals surface area contributed by atoms with E-state index in [-0.39, 0.29) is 14.8 Å². The second-order valence-electron chi connectivity index (χ2n) is 5.46. The van der Waals surface area contributed by atoms with E-state index < -0.39 is 17.8 Å². The Bertz CT molecular complexity index is 939. The van der Waals surface area contributed by atoms with Crippen LogP contribution in [0.15, 0.2) is 34.2 Å². The molecule has 1 N–H and O–H groups in total. The van der Waals surface area contributed by atoms with Gasteiger partial charge in [-0.15, -0.1) is 11.8 Å². The van der Waals surface area contributed by atoms with Gasteiger partial charge in [0.1, 0.15) is 9.35 Å². The van der Waals surface area contributed by atoms with Gasteiger partial charge in [-0.3, -0.25) is 9.48 Å². The first-order chi connectivity index (χ1) is 12.6. The molecule has 3 rings (SSSR count). The number of thiocarbonyl (C=S) groups is 1. The molecule has 1 amide bonds. The van der Waals surface area contributed by atoms with Gasteiger partial charge >= 0.3 is 6.18 Å². The molecule has 11 heteroatoms. The lowest BCUT2D eigenvalue weighted by Gasteiger charge is -2.06. The lowest BCUT2D eigenvalue weighted by molar-refractivity contribution is -0.141. The number of rotatable bonds is 4. The largest absolute Gasteiger partial charge is 0.435 e. The molecule has 1 aromatic heterocycles. The molecule has 0 bridgehead atoms. The average Bonchev–Trinajstić information content (AvgIpc) is 3.06. The molecular formula is C16H11ClF3N3OS3. The Morgan fingerprint density at radius 3 is 2.59 bits per heavy atom. The fraction of sp³-hybridized carbons (Fsp3) is 0.188. The van der Waals surface area contributed by atoms with E-state index in [1.807, 2.05) is 0 Å². The molecule has 4 nitrogen and oxygen atoms in total. The molecule has 142 valence electrons. The minimum Gasteiger partial charge on any atom is -0.307 e. The van der Waals surface area contributed by atoms with Crippen LogP contribution in [0.5, 0.6) is 0 Å². The number of carbonyl (C=O) groups excluding carboxylic acids is 1. The summed E-state index contributed by atoms with van der Waals surface area (Å²) in [5.74, 6) is -0.0994. The van der Waals surface area contributed by atoms with Crippen molar-refractivity contribution in [2.45, 2.75) is 17.0 Å². The lowest BCUT2D eigenvalue weighted by Crippen LogP contribution is -2.17. The summed E-state index contributed by atoms with van der Waals surface area (Å²) in [4.78, 5) is 12.0. The normalized spacial score (nSPS) is 16.3. The maximum atomic E-state index is 13.4. The Kier molecular flexibility index (Phi) is 5.90. The van der Waals surface area contributed by atoms with Crippen molar-refractivity contribution in [3.63, 3.8) is 0 Å². The number of halogens is 4. The zero-order chi connectivity index (χ0) is 19.8. The predicted molar refractivity (Wildman–Crippen MR) is 106 cm³/mol. The van der Waals surface area contributed by atoms with Gasteiger partial charge in [-0.25, -0.2) is 0 Å². The summed E-state index contributed by atoms with van der Waals surface area (Å²) in [6.07, 6.45) is -3.46. The molecule has 1 aliphatic heterocycles. The molecule has 0 spiro atoms. The van der Waals surface area contributed by atoms with E-state index in [1.165, 1.54) is 29.6 Å². The smallest absolute Gasteiger partial charge is 0.307 e. The summed E-state index contributed by atoms with van der Waals surface area (Å²) < 4.78 is 41.7. The van der Waals surface area contributed by atoms with Crippen LogP contribution in [-0.2, 0) is 23.8 Å². The van der Waals surface area contributed by atoms with Gasteiger partial charge in [-0.1, -0.05) is 47.7 Å². The monoisotopic (exact) mass is 449 g/mol.